The second-order valence-electron chi connectivity index (χ2n) is 5.76. The summed E-state index contributed by atoms with van der Waals surface area (Å²) in [5.41, 5.74) is 12.0. The SMILES string of the molecule is Cc1ccc(C(N)CS(=O)Cc2cc(C)cc(C)c2)cc1. The van der Waals surface area contributed by atoms with Crippen molar-refractivity contribution in [2.24, 2.45) is 5.73 Å². The lowest BCUT2D eigenvalue weighted by Crippen LogP contribution is -2.19. The molecule has 0 radical (unpaired) electrons. The zero-order chi connectivity index (χ0) is 15.4. The Labute approximate surface area is 129 Å². The van der Waals surface area contributed by atoms with Gasteiger partial charge >= 0.3 is 0 Å². The molecule has 0 aromatic heterocycles. The Bertz CT molecular complexity index is 614. The van der Waals surface area contributed by atoms with Gasteiger partial charge in [-0.3, -0.25) is 4.21 Å². The lowest BCUT2D eigenvalue weighted by Gasteiger charge is -2.12. The largest absolute Gasteiger partial charge is 0.323 e. The van der Waals surface area contributed by atoms with Crippen LogP contribution in [-0.4, -0.2) is 9.96 Å². The molecule has 0 saturated carbocycles. The average Bonchev–Trinajstić information content (AvgIpc) is 2.37. The van der Waals surface area contributed by atoms with Crippen molar-refractivity contribution in [2.75, 3.05) is 5.75 Å². The summed E-state index contributed by atoms with van der Waals surface area (Å²) in [6.07, 6.45) is 0. The maximum Gasteiger partial charge on any atom is 0.0486 e. The van der Waals surface area contributed by atoms with Gasteiger partial charge in [0.05, 0.1) is 0 Å². The molecule has 21 heavy (non-hydrogen) atoms. The number of hydrogen-bond donors (Lipinski definition) is 1. The van der Waals surface area contributed by atoms with E-state index in [2.05, 4.69) is 32.0 Å². The molecule has 0 aliphatic carbocycles. The van der Waals surface area contributed by atoms with Crippen molar-refractivity contribution in [3.63, 3.8) is 0 Å². The molecular formula is C18H23NOS. The van der Waals surface area contributed by atoms with Crippen LogP contribution in [0.5, 0.6) is 0 Å². The first-order chi connectivity index (χ1) is 9.94. The Morgan fingerprint density at radius 1 is 0.952 bits per heavy atom. The molecule has 0 spiro atoms. The molecule has 3 heteroatoms. The van der Waals surface area contributed by atoms with Crippen molar-refractivity contribution in [1.82, 2.24) is 0 Å². The molecule has 2 unspecified atom stereocenters. The molecule has 0 bridgehead atoms. The van der Waals surface area contributed by atoms with E-state index in [1.165, 1.54) is 16.7 Å². The predicted octanol–water partition coefficient (Wildman–Crippen LogP) is 3.56. The Balaban J connectivity index is 1.99. The van der Waals surface area contributed by atoms with Gasteiger partial charge in [-0.15, -0.1) is 0 Å². The number of nitrogens with two attached hydrogens (primary N) is 1. The maximum atomic E-state index is 12.3. The van der Waals surface area contributed by atoms with Crippen LogP contribution < -0.4 is 5.73 Å². The van der Waals surface area contributed by atoms with E-state index in [-0.39, 0.29) is 6.04 Å². The van der Waals surface area contributed by atoms with Crippen LogP contribution in [0.1, 0.15) is 33.9 Å². The van der Waals surface area contributed by atoms with Crippen LogP contribution in [-0.2, 0) is 16.6 Å². The fraction of sp³-hybridized carbons (Fsp3) is 0.333. The van der Waals surface area contributed by atoms with Crippen LogP contribution >= 0.6 is 0 Å². The second-order valence-corrected chi connectivity index (χ2v) is 7.27. The summed E-state index contributed by atoms with van der Waals surface area (Å²) in [5.74, 6) is 1.07. The Kier molecular flexibility index (Phi) is 5.32. The normalized spacial score (nSPS) is 13.9. The first-order valence-electron chi connectivity index (χ1n) is 7.18. The fourth-order valence-electron chi connectivity index (χ4n) is 2.51. The smallest absolute Gasteiger partial charge is 0.0486 e. The van der Waals surface area contributed by atoms with Crippen molar-refractivity contribution in [1.29, 1.82) is 0 Å². The van der Waals surface area contributed by atoms with Gasteiger partial charge in [-0.25, -0.2) is 0 Å². The topological polar surface area (TPSA) is 43.1 Å². The van der Waals surface area contributed by atoms with E-state index in [0.29, 0.717) is 11.5 Å². The zero-order valence-corrected chi connectivity index (χ0v) is 13.7. The first-order valence-corrected chi connectivity index (χ1v) is 8.67. The van der Waals surface area contributed by atoms with Gasteiger partial charge in [-0.2, -0.15) is 0 Å². The van der Waals surface area contributed by atoms with E-state index < -0.39 is 10.8 Å². The van der Waals surface area contributed by atoms with E-state index in [4.69, 9.17) is 5.73 Å². The molecule has 2 aromatic carbocycles. The van der Waals surface area contributed by atoms with Crippen molar-refractivity contribution in [2.45, 2.75) is 32.6 Å². The quantitative estimate of drug-likeness (QED) is 0.917. The number of rotatable bonds is 5. The van der Waals surface area contributed by atoms with Gasteiger partial charge in [0.15, 0.2) is 0 Å². The molecule has 0 fully saturated rings. The van der Waals surface area contributed by atoms with Crippen LogP contribution in [0.4, 0.5) is 0 Å². The van der Waals surface area contributed by atoms with E-state index >= 15 is 0 Å². The Hall–Kier alpha value is -1.45. The summed E-state index contributed by atoms with van der Waals surface area (Å²) < 4.78 is 12.3. The third kappa shape index (κ3) is 4.80. The predicted molar refractivity (Wildman–Crippen MR) is 90.7 cm³/mol. The van der Waals surface area contributed by atoms with Crippen LogP contribution in [0.15, 0.2) is 42.5 Å². The molecule has 2 N–H and O–H groups in total. The van der Waals surface area contributed by atoms with E-state index in [1.54, 1.807) is 0 Å². The first kappa shape index (κ1) is 15.9. The minimum Gasteiger partial charge on any atom is -0.323 e. The van der Waals surface area contributed by atoms with Gasteiger partial charge < -0.3 is 5.73 Å². The van der Waals surface area contributed by atoms with Gasteiger partial charge in [0.2, 0.25) is 0 Å². The number of benzene rings is 2. The van der Waals surface area contributed by atoms with Crippen molar-refractivity contribution < 1.29 is 4.21 Å². The minimum atomic E-state index is -0.948. The molecule has 0 saturated heterocycles. The van der Waals surface area contributed by atoms with Gasteiger partial charge in [-0.1, -0.05) is 59.2 Å². The fourth-order valence-corrected chi connectivity index (χ4v) is 3.76. The summed E-state index contributed by atoms with van der Waals surface area (Å²) in [6.45, 7) is 6.18. The number of aryl methyl sites for hydroxylation is 3. The highest BCUT2D eigenvalue weighted by Gasteiger charge is 2.11. The Morgan fingerprint density at radius 2 is 1.52 bits per heavy atom. The van der Waals surface area contributed by atoms with Gasteiger partial charge in [0.25, 0.3) is 0 Å². The van der Waals surface area contributed by atoms with Crippen LogP contribution in [0.2, 0.25) is 0 Å². The minimum absolute atomic E-state index is 0.169. The van der Waals surface area contributed by atoms with E-state index in [9.17, 15) is 4.21 Å². The van der Waals surface area contributed by atoms with Gasteiger partial charge in [0, 0.05) is 28.3 Å². The Morgan fingerprint density at radius 3 is 2.10 bits per heavy atom. The van der Waals surface area contributed by atoms with E-state index in [1.807, 2.05) is 31.2 Å². The molecular weight excluding hydrogens is 278 g/mol. The van der Waals surface area contributed by atoms with Crippen molar-refractivity contribution in [3.8, 4) is 0 Å². The van der Waals surface area contributed by atoms with Crippen LogP contribution in [0.25, 0.3) is 0 Å². The highest BCUT2D eigenvalue weighted by atomic mass is 32.2. The number of hydrogen-bond acceptors (Lipinski definition) is 2. The third-order valence-corrected chi connectivity index (χ3v) is 4.87. The second kappa shape index (κ2) is 7.01. The highest BCUT2D eigenvalue weighted by molar-refractivity contribution is 7.84. The third-order valence-electron chi connectivity index (χ3n) is 3.48. The maximum absolute atomic E-state index is 12.3. The highest BCUT2D eigenvalue weighted by Crippen LogP contribution is 2.16. The zero-order valence-electron chi connectivity index (χ0n) is 12.9. The molecule has 2 nitrogen and oxygen atoms in total. The molecule has 0 aliphatic heterocycles. The summed E-state index contributed by atoms with van der Waals surface area (Å²) in [5, 5.41) is 0. The summed E-state index contributed by atoms with van der Waals surface area (Å²) >= 11 is 0. The van der Waals surface area contributed by atoms with Crippen LogP contribution in [0.3, 0.4) is 0 Å². The van der Waals surface area contributed by atoms with Crippen molar-refractivity contribution in [3.05, 3.63) is 70.3 Å². The molecule has 0 heterocycles. The molecule has 0 aliphatic rings. The summed E-state index contributed by atoms with van der Waals surface area (Å²) in [4.78, 5) is 0. The standard InChI is InChI=1S/C18H23NOS/c1-13-4-6-17(7-5-13)18(19)12-21(20)11-16-9-14(2)8-15(3)10-16/h4-10,18H,11-12,19H2,1-3H3. The molecule has 2 aromatic rings. The van der Waals surface area contributed by atoms with Gasteiger partial charge in [0.1, 0.15) is 0 Å². The molecule has 112 valence electrons. The summed E-state index contributed by atoms with van der Waals surface area (Å²) in [7, 11) is -0.948. The lowest BCUT2D eigenvalue weighted by atomic mass is 10.1. The van der Waals surface area contributed by atoms with Crippen molar-refractivity contribution >= 4 is 10.8 Å². The summed E-state index contributed by atoms with van der Waals surface area (Å²) in [6, 6.07) is 14.3. The lowest BCUT2D eigenvalue weighted by molar-refractivity contribution is 0.674. The molecule has 2 rings (SSSR count). The molecule has 2 atom stereocenters. The monoisotopic (exact) mass is 301 g/mol. The van der Waals surface area contributed by atoms with Crippen LogP contribution in [0, 0.1) is 20.8 Å². The van der Waals surface area contributed by atoms with Gasteiger partial charge in [-0.05, 0) is 31.9 Å². The molecule has 0 amide bonds. The van der Waals surface area contributed by atoms with E-state index in [0.717, 1.165) is 11.1 Å². The average molecular weight is 301 g/mol.